The largest absolute Gasteiger partial charge is 0.468 e. The van der Waals surface area contributed by atoms with Crippen molar-refractivity contribution in [1.29, 1.82) is 0 Å². The molecule has 0 spiro atoms. The molecule has 1 aliphatic heterocycles. The zero-order valence-corrected chi connectivity index (χ0v) is 11.3. The van der Waals surface area contributed by atoms with E-state index in [-0.39, 0.29) is 12.4 Å². The number of benzene rings is 1. The molecule has 4 nitrogen and oxygen atoms in total. The third-order valence-corrected chi connectivity index (χ3v) is 3.18. The number of hydrogen-bond donors (Lipinski definition) is 1. The quantitative estimate of drug-likeness (QED) is 0.852. The molecule has 1 atom stereocenters. The van der Waals surface area contributed by atoms with E-state index in [4.69, 9.17) is 5.73 Å². The summed E-state index contributed by atoms with van der Waals surface area (Å²) in [7, 11) is 1.35. The van der Waals surface area contributed by atoms with Gasteiger partial charge < -0.3 is 15.4 Å². The summed E-state index contributed by atoms with van der Waals surface area (Å²) in [4.78, 5) is 13.6. The molecule has 0 saturated carbocycles. The fourth-order valence-electron chi connectivity index (χ4n) is 2.13. The molecular weight excluding hydrogens is 252 g/mol. The minimum Gasteiger partial charge on any atom is -0.468 e. The van der Waals surface area contributed by atoms with Crippen LogP contribution in [0.5, 0.6) is 0 Å². The molecule has 1 aliphatic rings. The Balaban J connectivity index is 0.00000162. The maximum absolute atomic E-state index is 11.3. The number of esters is 1. The summed E-state index contributed by atoms with van der Waals surface area (Å²) >= 11 is 0. The van der Waals surface area contributed by atoms with Crippen LogP contribution in [0.25, 0.3) is 0 Å². The lowest BCUT2D eigenvalue weighted by atomic mass is 10.1. The molecule has 0 bridgehead atoms. The molecule has 1 aromatic rings. The lowest BCUT2D eigenvalue weighted by Gasteiger charge is -2.18. The molecule has 1 fully saturated rings. The van der Waals surface area contributed by atoms with Crippen LogP contribution in [0, 0.1) is 0 Å². The molecule has 1 heterocycles. The zero-order chi connectivity index (χ0) is 12.3. The molecule has 18 heavy (non-hydrogen) atoms. The van der Waals surface area contributed by atoms with Gasteiger partial charge in [-0.2, -0.15) is 0 Å². The summed E-state index contributed by atoms with van der Waals surface area (Å²) in [5.41, 5.74) is 7.75. The number of methoxy groups -OCH3 is 1. The zero-order valence-electron chi connectivity index (χ0n) is 10.5. The van der Waals surface area contributed by atoms with Gasteiger partial charge in [0.15, 0.2) is 0 Å². The maximum Gasteiger partial charge on any atom is 0.327 e. The smallest absolute Gasteiger partial charge is 0.327 e. The Morgan fingerprint density at radius 3 is 2.33 bits per heavy atom. The van der Waals surface area contributed by atoms with Crippen LogP contribution in [0.3, 0.4) is 0 Å². The molecule has 1 saturated heterocycles. The predicted octanol–water partition coefficient (Wildman–Crippen LogP) is 1.88. The first kappa shape index (κ1) is 14.8. The van der Waals surface area contributed by atoms with E-state index < -0.39 is 12.0 Å². The van der Waals surface area contributed by atoms with E-state index >= 15 is 0 Å². The molecule has 2 N–H and O–H groups in total. The number of carbonyl (C=O) groups is 1. The molecule has 0 radical (unpaired) electrons. The fourth-order valence-corrected chi connectivity index (χ4v) is 2.13. The Morgan fingerprint density at radius 1 is 1.28 bits per heavy atom. The molecule has 0 amide bonds. The molecule has 0 aliphatic carbocycles. The van der Waals surface area contributed by atoms with Crippen molar-refractivity contribution >= 4 is 24.1 Å². The van der Waals surface area contributed by atoms with Crippen LogP contribution >= 0.6 is 12.4 Å². The second-order valence-electron chi connectivity index (χ2n) is 4.29. The molecule has 2 rings (SSSR count). The summed E-state index contributed by atoms with van der Waals surface area (Å²) in [6, 6.07) is 7.14. The summed E-state index contributed by atoms with van der Waals surface area (Å²) < 4.78 is 4.62. The van der Waals surface area contributed by atoms with Crippen molar-refractivity contribution in [1.82, 2.24) is 0 Å². The van der Waals surface area contributed by atoms with E-state index in [2.05, 4.69) is 9.64 Å². The number of halogens is 1. The Kier molecular flexibility index (Phi) is 5.44. The number of rotatable bonds is 3. The number of hydrogen-bond acceptors (Lipinski definition) is 4. The number of carbonyl (C=O) groups excluding carboxylic acids is 1. The Bertz CT molecular complexity index is 388. The van der Waals surface area contributed by atoms with Crippen molar-refractivity contribution < 1.29 is 9.53 Å². The van der Waals surface area contributed by atoms with E-state index in [1.807, 2.05) is 24.3 Å². The summed E-state index contributed by atoms with van der Waals surface area (Å²) in [6.45, 7) is 2.23. The van der Waals surface area contributed by atoms with E-state index in [0.717, 1.165) is 18.7 Å². The lowest BCUT2D eigenvalue weighted by molar-refractivity contribution is -0.142. The van der Waals surface area contributed by atoms with Crippen LogP contribution < -0.4 is 10.6 Å². The molecule has 1 aromatic carbocycles. The van der Waals surface area contributed by atoms with Crippen LogP contribution in [0.2, 0.25) is 0 Å². The molecule has 100 valence electrons. The van der Waals surface area contributed by atoms with Crippen LogP contribution in [0.1, 0.15) is 24.4 Å². The molecule has 5 heteroatoms. The Morgan fingerprint density at radius 2 is 1.83 bits per heavy atom. The third kappa shape index (κ3) is 3.15. The van der Waals surface area contributed by atoms with E-state index in [0.29, 0.717) is 0 Å². The highest BCUT2D eigenvalue weighted by molar-refractivity contribution is 5.85. The fraction of sp³-hybridized carbons (Fsp3) is 0.462. The van der Waals surface area contributed by atoms with Crippen molar-refractivity contribution in [3.8, 4) is 0 Å². The van der Waals surface area contributed by atoms with Gasteiger partial charge in [-0.05, 0) is 30.5 Å². The SMILES string of the molecule is COC(=O)[C@@H](N)c1ccc(N2CCCC2)cc1.Cl. The van der Waals surface area contributed by atoms with Gasteiger partial charge in [0.2, 0.25) is 0 Å². The van der Waals surface area contributed by atoms with Crippen LogP contribution in [0.15, 0.2) is 24.3 Å². The standard InChI is InChI=1S/C13H18N2O2.ClH/c1-17-13(16)12(14)10-4-6-11(7-5-10)15-8-2-3-9-15;/h4-7,12H,2-3,8-9,14H2,1H3;1H/t12-;/m0./s1. The first-order valence-corrected chi connectivity index (χ1v) is 5.90. The van der Waals surface area contributed by atoms with Crippen molar-refractivity contribution in [2.45, 2.75) is 18.9 Å². The molecular formula is C13H19ClN2O2. The van der Waals surface area contributed by atoms with Gasteiger partial charge in [-0.25, -0.2) is 0 Å². The summed E-state index contributed by atoms with van der Waals surface area (Å²) in [5.74, 6) is -0.404. The summed E-state index contributed by atoms with van der Waals surface area (Å²) in [6.07, 6.45) is 2.51. The topological polar surface area (TPSA) is 55.6 Å². The van der Waals surface area contributed by atoms with E-state index in [9.17, 15) is 4.79 Å². The molecule has 0 aromatic heterocycles. The predicted molar refractivity (Wildman–Crippen MR) is 74.1 cm³/mol. The average Bonchev–Trinajstić information content (AvgIpc) is 2.91. The monoisotopic (exact) mass is 270 g/mol. The van der Waals surface area contributed by atoms with Gasteiger partial charge in [-0.3, -0.25) is 4.79 Å². The first-order chi connectivity index (χ1) is 8.22. The number of ether oxygens (including phenoxy) is 1. The van der Waals surface area contributed by atoms with Crippen molar-refractivity contribution in [2.75, 3.05) is 25.1 Å². The maximum atomic E-state index is 11.3. The van der Waals surface area contributed by atoms with Crippen LogP contribution in [-0.4, -0.2) is 26.2 Å². The second-order valence-corrected chi connectivity index (χ2v) is 4.29. The van der Waals surface area contributed by atoms with Gasteiger partial charge in [0, 0.05) is 18.8 Å². The minimum atomic E-state index is -0.687. The highest BCUT2D eigenvalue weighted by atomic mass is 35.5. The van der Waals surface area contributed by atoms with Crippen LogP contribution in [0.4, 0.5) is 5.69 Å². The highest BCUT2D eigenvalue weighted by Gasteiger charge is 2.17. The normalized spacial score (nSPS) is 16.0. The highest BCUT2D eigenvalue weighted by Crippen LogP contribution is 2.22. The minimum absolute atomic E-state index is 0. The van der Waals surface area contributed by atoms with Gasteiger partial charge >= 0.3 is 5.97 Å². The van der Waals surface area contributed by atoms with Gasteiger partial charge in [0.25, 0.3) is 0 Å². The van der Waals surface area contributed by atoms with Gasteiger partial charge in [0.05, 0.1) is 7.11 Å². The van der Waals surface area contributed by atoms with Crippen molar-refractivity contribution in [2.24, 2.45) is 5.73 Å². The Labute approximate surface area is 114 Å². The Hall–Kier alpha value is -1.26. The van der Waals surface area contributed by atoms with Gasteiger partial charge in [0.1, 0.15) is 6.04 Å². The number of nitrogens with zero attached hydrogens (tertiary/aromatic N) is 1. The third-order valence-electron chi connectivity index (χ3n) is 3.18. The van der Waals surface area contributed by atoms with Crippen molar-refractivity contribution in [3.63, 3.8) is 0 Å². The molecule has 0 unspecified atom stereocenters. The number of anilines is 1. The summed E-state index contributed by atoms with van der Waals surface area (Å²) in [5, 5.41) is 0. The number of nitrogens with two attached hydrogens (primary N) is 1. The van der Waals surface area contributed by atoms with E-state index in [1.54, 1.807) is 0 Å². The first-order valence-electron chi connectivity index (χ1n) is 5.90. The van der Waals surface area contributed by atoms with Crippen molar-refractivity contribution in [3.05, 3.63) is 29.8 Å². The van der Waals surface area contributed by atoms with Crippen LogP contribution in [-0.2, 0) is 9.53 Å². The van der Waals surface area contributed by atoms with Gasteiger partial charge in [-0.1, -0.05) is 12.1 Å². The average molecular weight is 271 g/mol. The second kappa shape index (κ2) is 6.61. The van der Waals surface area contributed by atoms with E-state index in [1.165, 1.54) is 25.6 Å². The lowest BCUT2D eigenvalue weighted by Crippen LogP contribution is -2.23. The van der Waals surface area contributed by atoms with Gasteiger partial charge in [-0.15, -0.1) is 12.4 Å².